The topological polar surface area (TPSA) is 68.1 Å². The van der Waals surface area contributed by atoms with Gasteiger partial charge in [-0.05, 0) is 25.5 Å². The molecule has 0 bridgehead atoms. The van der Waals surface area contributed by atoms with Crippen molar-refractivity contribution in [1.82, 2.24) is 4.98 Å². The van der Waals surface area contributed by atoms with Gasteiger partial charge in [0.05, 0.1) is 22.7 Å². The van der Waals surface area contributed by atoms with E-state index in [2.05, 4.69) is 10.3 Å². The lowest BCUT2D eigenvalue weighted by atomic mass is 10.2. The standard InChI is InChI=1S/C12H13N3O2S/c1-8-5-10(15(16)17)3-4-11(8)13-6-12-9(2)14-7-18-12/h3-5,7,13H,6H2,1-2H3. The van der Waals surface area contributed by atoms with Crippen molar-refractivity contribution < 1.29 is 4.92 Å². The van der Waals surface area contributed by atoms with Crippen LogP contribution in [0.1, 0.15) is 16.1 Å². The van der Waals surface area contributed by atoms with E-state index >= 15 is 0 Å². The molecular weight excluding hydrogens is 250 g/mol. The van der Waals surface area contributed by atoms with E-state index in [4.69, 9.17) is 0 Å². The Morgan fingerprint density at radius 3 is 2.78 bits per heavy atom. The number of thiazole rings is 1. The van der Waals surface area contributed by atoms with Crippen molar-refractivity contribution in [3.63, 3.8) is 0 Å². The van der Waals surface area contributed by atoms with Crippen LogP contribution in [-0.4, -0.2) is 9.91 Å². The number of hydrogen-bond acceptors (Lipinski definition) is 5. The van der Waals surface area contributed by atoms with E-state index in [0.29, 0.717) is 6.54 Å². The fourth-order valence-corrected chi connectivity index (χ4v) is 2.35. The van der Waals surface area contributed by atoms with Crippen molar-refractivity contribution in [1.29, 1.82) is 0 Å². The lowest BCUT2D eigenvalue weighted by Gasteiger charge is -2.08. The molecule has 6 heteroatoms. The van der Waals surface area contributed by atoms with E-state index in [-0.39, 0.29) is 10.6 Å². The number of benzene rings is 1. The Hall–Kier alpha value is -1.95. The lowest BCUT2D eigenvalue weighted by Crippen LogP contribution is -2.01. The van der Waals surface area contributed by atoms with Crippen LogP contribution in [0.4, 0.5) is 11.4 Å². The number of nitro benzene ring substituents is 1. The van der Waals surface area contributed by atoms with E-state index in [1.165, 1.54) is 10.9 Å². The van der Waals surface area contributed by atoms with Gasteiger partial charge in [0, 0.05) is 22.7 Å². The first kappa shape index (κ1) is 12.5. The molecule has 0 aliphatic rings. The molecule has 0 unspecified atom stereocenters. The summed E-state index contributed by atoms with van der Waals surface area (Å²) in [4.78, 5) is 15.6. The van der Waals surface area contributed by atoms with E-state index in [9.17, 15) is 10.1 Å². The lowest BCUT2D eigenvalue weighted by molar-refractivity contribution is -0.384. The van der Waals surface area contributed by atoms with Crippen LogP contribution < -0.4 is 5.32 Å². The normalized spacial score (nSPS) is 10.3. The Morgan fingerprint density at radius 2 is 2.22 bits per heavy atom. The van der Waals surface area contributed by atoms with E-state index in [0.717, 1.165) is 16.9 Å². The smallest absolute Gasteiger partial charge is 0.269 e. The SMILES string of the molecule is Cc1cc([N+](=O)[O-])ccc1NCc1scnc1C. The van der Waals surface area contributed by atoms with Gasteiger partial charge in [-0.15, -0.1) is 11.3 Å². The highest BCUT2D eigenvalue weighted by atomic mass is 32.1. The van der Waals surface area contributed by atoms with Gasteiger partial charge in [0.1, 0.15) is 0 Å². The number of nitrogens with one attached hydrogen (secondary N) is 1. The summed E-state index contributed by atoms with van der Waals surface area (Å²) in [5.74, 6) is 0. The van der Waals surface area contributed by atoms with Crippen molar-refractivity contribution in [2.75, 3.05) is 5.32 Å². The predicted octanol–water partition coefficient (Wildman–Crippen LogP) is 3.28. The number of nitrogens with zero attached hydrogens (tertiary/aromatic N) is 2. The van der Waals surface area contributed by atoms with Crippen molar-refractivity contribution in [2.24, 2.45) is 0 Å². The number of aryl methyl sites for hydroxylation is 2. The maximum absolute atomic E-state index is 10.6. The van der Waals surface area contributed by atoms with Crippen molar-refractivity contribution in [2.45, 2.75) is 20.4 Å². The second-order valence-corrected chi connectivity index (χ2v) is 4.91. The average molecular weight is 263 g/mol. The number of aromatic nitrogens is 1. The van der Waals surface area contributed by atoms with Crippen LogP contribution in [0.3, 0.4) is 0 Å². The Kier molecular flexibility index (Phi) is 3.57. The summed E-state index contributed by atoms with van der Waals surface area (Å²) in [5, 5.41) is 13.9. The molecule has 5 nitrogen and oxygen atoms in total. The molecule has 1 aromatic carbocycles. The van der Waals surface area contributed by atoms with Gasteiger partial charge < -0.3 is 5.32 Å². The van der Waals surface area contributed by atoms with Crippen LogP contribution in [0.15, 0.2) is 23.7 Å². The number of hydrogen-bond donors (Lipinski definition) is 1. The number of non-ortho nitro benzene ring substituents is 1. The van der Waals surface area contributed by atoms with E-state index in [1.54, 1.807) is 23.5 Å². The van der Waals surface area contributed by atoms with Crippen LogP contribution >= 0.6 is 11.3 Å². The third-order valence-electron chi connectivity index (χ3n) is 2.71. The molecule has 0 aliphatic heterocycles. The van der Waals surface area contributed by atoms with Crippen LogP contribution in [0.2, 0.25) is 0 Å². The highest BCUT2D eigenvalue weighted by Gasteiger charge is 2.08. The first-order valence-electron chi connectivity index (χ1n) is 5.46. The molecule has 0 saturated heterocycles. The molecule has 0 saturated carbocycles. The highest BCUT2D eigenvalue weighted by molar-refractivity contribution is 7.09. The number of rotatable bonds is 4. The Balaban J connectivity index is 2.11. The molecule has 1 aromatic heterocycles. The van der Waals surface area contributed by atoms with Gasteiger partial charge in [-0.2, -0.15) is 0 Å². The average Bonchev–Trinajstić information content (AvgIpc) is 2.73. The summed E-state index contributed by atoms with van der Waals surface area (Å²) < 4.78 is 0. The molecule has 0 amide bonds. The Bertz CT molecular complexity index is 580. The van der Waals surface area contributed by atoms with Gasteiger partial charge in [0.2, 0.25) is 0 Å². The van der Waals surface area contributed by atoms with Crippen LogP contribution in [0.5, 0.6) is 0 Å². The molecule has 0 aliphatic carbocycles. The molecule has 0 fully saturated rings. The van der Waals surface area contributed by atoms with Gasteiger partial charge in [-0.1, -0.05) is 0 Å². The fourth-order valence-electron chi connectivity index (χ4n) is 1.63. The molecule has 18 heavy (non-hydrogen) atoms. The number of nitro groups is 1. The van der Waals surface area contributed by atoms with Gasteiger partial charge in [-0.3, -0.25) is 10.1 Å². The summed E-state index contributed by atoms with van der Waals surface area (Å²) in [6, 6.07) is 4.82. The van der Waals surface area contributed by atoms with Gasteiger partial charge in [0.25, 0.3) is 5.69 Å². The maximum atomic E-state index is 10.6. The minimum absolute atomic E-state index is 0.118. The van der Waals surface area contributed by atoms with Gasteiger partial charge in [-0.25, -0.2) is 4.98 Å². The minimum Gasteiger partial charge on any atom is -0.380 e. The molecule has 2 rings (SSSR count). The van der Waals surface area contributed by atoms with Crippen molar-refractivity contribution in [3.8, 4) is 0 Å². The maximum Gasteiger partial charge on any atom is 0.269 e. The second kappa shape index (κ2) is 5.14. The molecule has 94 valence electrons. The van der Waals surface area contributed by atoms with Gasteiger partial charge >= 0.3 is 0 Å². The largest absolute Gasteiger partial charge is 0.380 e. The summed E-state index contributed by atoms with van der Waals surface area (Å²) in [6.45, 7) is 4.51. The highest BCUT2D eigenvalue weighted by Crippen LogP contribution is 2.22. The third-order valence-corrected chi connectivity index (χ3v) is 3.64. The summed E-state index contributed by atoms with van der Waals surface area (Å²) in [7, 11) is 0. The van der Waals surface area contributed by atoms with E-state index in [1.807, 2.05) is 19.4 Å². The molecule has 1 N–H and O–H groups in total. The minimum atomic E-state index is -0.385. The first-order chi connectivity index (χ1) is 8.58. The third kappa shape index (κ3) is 2.65. The second-order valence-electron chi connectivity index (χ2n) is 3.97. The zero-order valence-electron chi connectivity index (χ0n) is 10.1. The van der Waals surface area contributed by atoms with Gasteiger partial charge in [0.15, 0.2) is 0 Å². The van der Waals surface area contributed by atoms with Crippen LogP contribution in [0.25, 0.3) is 0 Å². The molecule has 0 radical (unpaired) electrons. The molecule has 2 aromatic rings. The summed E-state index contributed by atoms with van der Waals surface area (Å²) in [5.41, 5.74) is 4.73. The zero-order chi connectivity index (χ0) is 13.1. The molecule has 0 atom stereocenters. The first-order valence-corrected chi connectivity index (χ1v) is 6.34. The summed E-state index contributed by atoms with van der Waals surface area (Å²) >= 11 is 1.60. The van der Waals surface area contributed by atoms with Crippen LogP contribution in [-0.2, 0) is 6.54 Å². The molecular formula is C12H13N3O2S. The monoisotopic (exact) mass is 263 g/mol. The van der Waals surface area contributed by atoms with E-state index < -0.39 is 0 Å². The molecule has 1 heterocycles. The number of anilines is 1. The van der Waals surface area contributed by atoms with Crippen molar-refractivity contribution in [3.05, 3.63) is 50.0 Å². The summed E-state index contributed by atoms with van der Waals surface area (Å²) in [6.07, 6.45) is 0. The molecule has 0 spiro atoms. The Labute approximate surface area is 109 Å². The van der Waals surface area contributed by atoms with Crippen LogP contribution in [0, 0.1) is 24.0 Å². The zero-order valence-corrected chi connectivity index (χ0v) is 11.0. The predicted molar refractivity (Wildman–Crippen MR) is 72.0 cm³/mol. The van der Waals surface area contributed by atoms with Crippen molar-refractivity contribution >= 4 is 22.7 Å². The fraction of sp³-hybridized carbons (Fsp3) is 0.250. The quantitative estimate of drug-likeness (QED) is 0.679. The Morgan fingerprint density at radius 1 is 1.44 bits per heavy atom.